The van der Waals surface area contributed by atoms with Gasteiger partial charge >= 0.3 is 10.3 Å². The van der Waals surface area contributed by atoms with Crippen LogP contribution in [0.3, 0.4) is 0 Å². The number of fused-ring (bicyclic) bond motifs is 1. The van der Waals surface area contributed by atoms with E-state index in [1.165, 1.54) is 18.2 Å². The minimum absolute atomic E-state index is 0.137. The second kappa shape index (κ2) is 5.28. The molecule has 1 heterocycles. The normalized spacial score (nSPS) is 21.7. The number of nitrogens with one attached hydrogen (secondary N) is 1. The van der Waals surface area contributed by atoms with Crippen molar-refractivity contribution in [3.8, 4) is 5.75 Å². The van der Waals surface area contributed by atoms with E-state index in [9.17, 15) is 12.8 Å². The summed E-state index contributed by atoms with van der Waals surface area (Å²) >= 11 is 0. The molecule has 1 aromatic rings. The first-order chi connectivity index (χ1) is 9.15. The monoisotopic (exact) mass is 305 g/mol. The minimum Gasteiger partial charge on any atom is -0.463 e. The fraction of sp³-hybridized carbons (Fsp3) is 0.500. The molecule has 1 unspecified atom stereocenters. The average molecular weight is 305 g/mol. The topological polar surface area (TPSA) is 84.9 Å². The molecule has 2 N–H and O–H groups in total. The van der Waals surface area contributed by atoms with Crippen molar-refractivity contribution in [2.24, 2.45) is 0 Å². The highest BCUT2D eigenvalue weighted by Gasteiger charge is 2.31. The number of ether oxygens (including phenoxy) is 2. The van der Waals surface area contributed by atoms with E-state index >= 15 is 0 Å². The number of rotatable bonds is 3. The van der Waals surface area contributed by atoms with E-state index in [1.807, 2.05) is 4.72 Å². The number of halogens is 1. The van der Waals surface area contributed by atoms with Crippen LogP contribution in [0.25, 0.3) is 0 Å². The van der Waals surface area contributed by atoms with Crippen LogP contribution in [0.2, 0.25) is 0 Å². The Morgan fingerprint density at radius 1 is 1.50 bits per heavy atom. The van der Waals surface area contributed by atoms with Gasteiger partial charge in [0.2, 0.25) is 5.79 Å². The lowest BCUT2D eigenvalue weighted by atomic mass is 10.1. The molecule has 0 fully saturated rings. The number of hydrogen-bond acceptors (Lipinski definition) is 4. The SMILES string of the molecule is CC1(C)Oc2ccc(F)cc2CC(CNS(=O)(=O)O)O1. The van der Waals surface area contributed by atoms with Crippen LogP contribution in [0, 0.1) is 5.82 Å². The van der Waals surface area contributed by atoms with Crippen molar-refractivity contribution in [3.05, 3.63) is 29.6 Å². The summed E-state index contributed by atoms with van der Waals surface area (Å²) in [6.07, 6.45) is -0.325. The molecule has 0 saturated carbocycles. The fourth-order valence-corrected chi connectivity index (χ4v) is 2.49. The molecule has 2 rings (SSSR count). The summed E-state index contributed by atoms with van der Waals surface area (Å²) in [5.74, 6) is -0.909. The van der Waals surface area contributed by atoms with Gasteiger partial charge in [0.05, 0.1) is 6.10 Å². The zero-order chi connectivity index (χ0) is 15.0. The summed E-state index contributed by atoms with van der Waals surface area (Å²) in [6, 6.07) is 4.11. The Hall–Kier alpha value is -1.22. The van der Waals surface area contributed by atoms with Gasteiger partial charge in [-0.1, -0.05) is 0 Å². The summed E-state index contributed by atoms with van der Waals surface area (Å²) in [5.41, 5.74) is 0.581. The lowest BCUT2D eigenvalue weighted by Crippen LogP contribution is -2.41. The molecule has 0 amide bonds. The van der Waals surface area contributed by atoms with Crippen LogP contribution in [-0.4, -0.2) is 31.4 Å². The maximum absolute atomic E-state index is 13.3. The highest BCUT2D eigenvalue weighted by Crippen LogP contribution is 2.31. The zero-order valence-electron chi connectivity index (χ0n) is 11.1. The Morgan fingerprint density at radius 3 is 2.85 bits per heavy atom. The zero-order valence-corrected chi connectivity index (χ0v) is 11.9. The molecule has 1 atom stereocenters. The van der Waals surface area contributed by atoms with Crippen molar-refractivity contribution in [3.63, 3.8) is 0 Å². The second-order valence-corrected chi connectivity index (χ2v) is 6.26. The van der Waals surface area contributed by atoms with Crippen LogP contribution in [0.5, 0.6) is 5.75 Å². The van der Waals surface area contributed by atoms with Crippen LogP contribution >= 0.6 is 0 Å². The Balaban J connectivity index is 2.23. The molecule has 0 radical (unpaired) electrons. The van der Waals surface area contributed by atoms with Gasteiger partial charge in [-0.25, -0.2) is 4.39 Å². The van der Waals surface area contributed by atoms with E-state index in [0.29, 0.717) is 11.3 Å². The maximum atomic E-state index is 13.3. The summed E-state index contributed by atoms with van der Waals surface area (Å²) in [6.45, 7) is 3.21. The van der Waals surface area contributed by atoms with Gasteiger partial charge in [-0.2, -0.15) is 13.1 Å². The second-order valence-electron chi connectivity index (χ2n) is 5.02. The largest absolute Gasteiger partial charge is 0.463 e. The number of hydrogen-bond donors (Lipinski definition) is 2. The first kappa shape index (κ1) is 15.2. The lowest BCUT2D eigenvalue weighted by molar-refractivity contribution is -0.178. The molecule has 8 heteroatoms. The Morgan fingerprint density at radius 2 is 2.20 bits per heavy atom. The predicted octanol–water partition coefficient (Wildman–Crippen LogP) is 1.27. The van der Waals surface area contributed by atoms with Gasteiger partial charge in [-0.15, -0.1) is 0 Å². The van der Waals surface area contributed by atoms with Crippen LogP contribution < -0.4 is 9.46 Å². The van der Waals surface area contributed by atoms with Crippen LogP contribution in [-0.2, 0) is 21.5 Å². The van der Waals surface area contributed by atoms with Gasteiger partial charge in [-0.3, -0.25) is 4.55 Å². The van der Waals surface area contributed by atoms with Crippen molar-refractivity contribution in [2.45, 2.75) is 32.2 Å². The third-order valence-electron chi connectivity index (χ3n) is 2.77. The fourth-order valence-electron chi connectivity index (χ4n) is 2.10. The van der Waals surface area contributed by atoms with E-state index < -0.39 is 28.0 Å². The molecule has 0 aromatic heterocycles. The highest BCUT2D eigenvalue weighted by atomic mass is 32.2. The van der Waals surface area contributed by atoms with E-state index in [0.717, 1.165) is 0 Å². The standard InChI is InChI=1S/C12H16FNO5S/c1-12(2)18-10(7-14-20(15,16)17)6-8-5-9(13)3-4-11(8)19-12/h3-5,10,14H,6-7H2,1-2H3,(H,15,16,17). The van der Waals surface area contributed by atoms with Gasteiger partial charge in [0, 0.05) is 26.8 Å². The van der Waals surface area contributed by atoms with E-state index in [4.69, 9.17) is 14.0 Å². The number of benzene rings is 1. The van der Waals surface area contributed by atoms with Crippen LogP contribution in [0.15, 0.2) is 18.2 Å². The molecule has 1 aromatic carbocycles. The first-order valence-electron chi connectivity index (χ1n) is 6.02. The molecule has 6 nitrogen and oxygen atoms in total. The molecular formula is C12H16FNO5S. The van der Waals surface area contributed by atoms with Crippen molar-refractivity contribution in [2.75, 3.05) is 6.54 Å². The van der Waals surface area contributed by atoms with Crippen molar-refractivity contribution in [1.82, 2.24) is 4.72 Å². The smallest absolute Gasteiger partial charge is 0.333 e. The molecule has 0 spiro atoms. The Labute approximate surface area is 116 Å². The molecule has 0 aliphatic carbocycles. The third kappa shape index (κ3) is 4.14. The Kier molecular flexibility index (Phi) is 4.01. The summed E-state index contributed by atoms with van der Waals surface area (Å²) < 4.78 is 56.6. The first-order valence-corrected chi connectivity index (χ1v) is 7.46. The van der Waals surface area contributed by atoms with Gasteiger partial charge in [-0.05, 0) is 23.8 Å². The minimum atomic E-state index is -4.30. The van der Waals surface area contributed by atoms with E-state index in [2.05, 4.69) is 0 Å². The lowest BCUT2D eigenvalue weighted by Gasteiger charge is -2.28. The summed E-state index contributed by atoms with van der Waals surface area (Å²) in [4.78, 5) is 0. The van der Waals surface area contributed by atoms with Crippen molar-refractivity contribution >= 4 is 10.3 Å². The van der Waals surface area contributed by atoms with Gasteiger partial charge in [0.15, 0.2) is 0 Å². The predicted molar refractivity (Wildman–Crippen MR) is 69.2 cm³/mol. The molecule has 1 aliphatic rings. The third-order valence-corrected chi connectivity index (χ3v) is 3.30. The summed E-state index contributed by atoms with van der Waals surface area (Å²) in [5, 5.41) is 0. The van der Waals surface area contributed by atoms with Gasteiger partial charge < -0.3 is 9.47 Å². The van der Waals surface area contributed by atoms with Crippen molar-refractivity contribution in [1.29, 1.82) is 0 Å². The van der Waals surface area contributed by atoms with E-state index in [-0.39, 0.29) is 13.0 Å². The van der Waals surface area contributed by atoms with Gasteiger partial charge in [0.25, 0.3) is 0 Å². The highest BCUT2D eigenvalue weighted by molar-refractivity contribution is 7.83. The van der Waals surface area contributed by atoms with Crippen LogP contribution in [0.1, 0.15) is 19.4 Å². The van der Waals surface area contributed by atoms with Crippen LogP contribution in [0.4, 0.5) is 4.39 Å². The van der Waals surface area contributed by atoms with E-state index in [1.54, 1.807) is 13.8 Å². The molecule has 20 heavy (non-hydrogen) atoms. The average Bonchev–Trinajstić information content (AvgIpc) is 2.40. The van der Waals surface area contributed by atoms with Gasteiger partial charge in [0.1, 0.15) is 11.6 Å². The molecule has 0 bridgehead atoms. The summed E-state index contributed by atoms with van der Waals surface area (Å²) in [7, 11) is -4.30. The molecule has 112 valence electrons. The molecule has 0 saturated heterocycles. The molecule has 1 aliphatic heterocycles. The van der Waals surface area contributed by atoms with Crippen molar-refractivity contribution < 1.29 is 26.8 Å². The Bertz CT molecular complexity index is 602. The molecular weight excluding hydrogens is 289 g/mol. The quantitative estimate of drug-likeness (QED) is 0.822. The maximum Gasteiger partial charge on any atom is 0.333 e.